The summed E-state index contributed by atoms with van der Waals surface area (Å²) < 4.78 is 7.62. The molecule has 3 aromatic rings. The first-order valence-electron chi connectivity index (χ1n) is 7.52. The Morgan fingerprint density at radius 3 is 2.77 bits per heavy atom. The summed E-state index contributed by atoms with van der Waals surface area (Å²) in [5.74, 6) is 0.898. The molecule has 2 heterocycles. The van der Waals surface area contributed by atoms with Crippen molar-refractivity contribution in [1.82, 2.24) is 9.38 Å². The molecule has 4 heteroatoms. The SMILES string of the molecule is COc1ccccc1Cc1nc2c(C)cccn2c1CCN. The van der Waals surface area contributed by atoms with E-state index in [1.165, 1.54) is 11.3 Å². The van der Waals surface area contributed by atoms with Crippen LogP contribution < -0.4 is 10.5 Å². The van der Waals surface area contributed by atoms with Crippen LogP contribution in [0.2, 0.25) is 0 Å². The summed E-state index contributed by atoms with van der Waals surface area (Å²) >= 11 is 0. The highest BCUT2D eigenvalue weighted by Crippen LogP contribution is 2.24. The lowest BCUT2D eigenvalue weighted by atomic mass is 10.1. The Balaban J connectivity index is 2.10. The van der Waals surface area contributed by atoms with E-state index < -0.39 is 0 Å². The van der Waals surface area contributed by atoms with Gasteiger partial charge in [0.2, 0.25) is 0 Å². The Bertz CT molecular complexity index is 792. The fourth-order valence-electron chi connectivity index (χ4n) is 2.87. The molecule has 0 fully saturated rings. The minimum Gasteiger partial charge on any atom is -0.496 e. The molecule has 22 heavy (non-hydrogen) atoms. The summed E-state index contributed by atoms with van der Waals surface area (Å²) in [7, 11) is 1.70. The molecule has 0 spiro atoms. The van der Waals surface area contributed by atoms with Crippen molar-refractivity contribution in [2.45, 2.75) is 19.8 Å². The molecule has 0 amide bonds. The summed E-state index contributed by atoms with van der Waals surface area (Å²) in [6, 6.07) is 12.2. The number of hydrogen-bond donors (Lipinski definition) is 1. The van der Waals surface area contributed by atoms with Gasteiger partial charge in [0.1, 0.15) is 11.4 Å². The van der Waals surface area contributed by atoms with Crippen molar-refractivity contribution < 1.29 is 4.74 Å². The number of aryl methyl sites for hydroxylation is 1. The number of methoxy groups -OCH3 is 1. The van der Waals surface area contributed by atoms with Gasteiger partial charge in [0, 0.05) is 30.3 Å². The normalized spacial score (nSPS) is 11.0. The molecule has 0 unspecified atom stereocenters. The van der Waals surface area contributed by atoms with Crippen LogP contribution in [0, 0.1) is 6.92 Å². The van der Waals surface area contributed by atoms with Crippen LogP contribution in [-0.2, 0) is 12.8 Å². The second-order valence-corrected chi connectivity index (χ2v) is 5.42. The molecule has 0 aliphatic rings. The maximum absolute atomic E-state index is 5.80. The molecule has 2 aromatic heterocycles. The number of imidazole rings is 1. The van der Waals surface area contributed by atoms with Gasteiger partial charge in [-0.15, -0.1) is 0 Å². The molecule has 114 valence electrons. The first-order valence-corrected chi connectivity index (χ1v) is 7.52. The molecule has 0 aliphatic heterocycles. The van der Waals surface area contributed by atoms with Crippen molar-refractivity contribution >= 4 is 5.65 Å². The van der Waals surface area contributed by atoms with Crippen molar-refractivity contribution in [2.75, 3.05) is 13.7 Å². The Morgan fingerprint density at radius 2 is 2.00 bits per heavy atom. The van der Waals surface area contributed by atoms with Gasteiger partial charge < -0.3 is 14.9 Å². The third kappa shape index (κ3) is 2.57. The van der Waals surface area contributed by atoms with Crippen LogP contribution >= 0.6 is 0 Å². The quantitative estimate of drug-likeness (QED) is 0.787. The number of nitrogens with zero attached hydrogens (tertiary/aromatic N) is 2. The summed E-state index contributed by atoms with van der Waals surface area (Å²) in [5, 5.41) is 0. The summed E-state index contributed by atoms with van der Waals surface area (Å²) in [5.41, 5.74) is 11.4. The van der Waals surface area contributed by atoms with E-state index in [0.717, 1.165) is 35.5 Å². The van der Waals surface area contributed by atoms with Crippen LogP contribution in [0.5, 0.6) is 5.75 Å². The molecule has 0 bridgehead atoms. The molecular weight excluding hydrogens is 274 g/mol. The smallest absolute Gasteiger partial charge is 0.140 e. The zero-order chi connectivity index (χ0) is 15.5. The van der Waals surface area contributed by atoms with Gasteiger partial charge in [0.15, 0.2) is 0 Å². The zero-order valence-corrected chi connectivity index (χ0v) is 13.0. The van der Waals surface area contributed by atoms with Gasteiger partial charge in [-0.1, -0.05) is 24.3 Å². The van der Waals surface area contributed by atoms with E-state index in [2.05, 4.69) is 35.7 Å². The maximum atomic E-state index is 5.80. The highest BCUT2D eigenvalue weighted by molar-refractivity contribution is 5.51. The van der Waals surface area contributed by atoms with Gasteiger partial charge in [-0.3, -0.25) is 0 Å². The summed E-state index contributed by atoms with van der Waals surface area (Å²) in [6.07, 6.45) is 3.63. The Kier molecular flexibility index (Phi) is 4.11. The standard InChI is InChI=1S/C18H21N3O/c1-13-6-5-11-21-16(9-10-19)15(20-18(13)21)12-14-7-3-4-8-17(14)22-2/h3-8,11H,9-10,12,19H2,1-2H3. The van der Waals surface area contributed by atoms with Crippen molar-refractivity contribution in [3.05, 3.63) is 65.1 Å². The second kappa shape index (κ2) is 6.20. The molecule has 0 atom stereocenters. The van der Waals surface area contributed by atoms with Gasteiger partial charge in [-0.05, 0) is 31.2 Å². The Hall–Kier alpha value is -2.33. The van der Waals surface area contributed by atoms with Gasteiger partial charge in [-0.25, -0.2) is 4.98 Å². The monoisotopic (exact) mass is 295 g/mol. The number of aromatic nitrogens is 2. The van der Waals surface area contributed by atoms with E-state index >= 15 is 0 Å². The number of nitrogens with two attached hydrogens (primary N) is 1. The average molecular weight is 295 g/mol. The second-order valence-electron chi connectivity index (χ2n) is 5.42. The number of fused-ring (bicyclic) bond motifs is 1. The number of pyridine rings is 1. The lowest BCUT2D eigenvalue weighted by Crippen LogP contribution is -2.08. The number of benzene rings is 1. The first kappa shape index (κ1) is 14.6. The van der Waals surface area contributed by atoms with E-state index in [1.807, 2.05) is 18.2 Å². The highest BCUT2D eigenvalue weighted by Gasteiger charge is 2.14. The average Bonchev–Trinajstić information content (AvgIpc) is 2.88. The van der Waals surface area contributed by atoms with Gasteiger partial charge >= 0.3 is 0 Å². The van der Waals surface area contributed by atoms with E-state index in [0.29, 0.717) is 6.54 Å². The first-order chi connectivity index (χ1) is 10.7. The van der Waals surface area contributed by atoms with Crippen LogP contribution in [0.1, 0.15) is 22.5 Å². The van der Waals surface area contributed by atoms with Crippen molar-refractivity contribution in [3.8, 4) is 5.75 Å². The highest BCUT2D eigenvalue weighted by atomic mass is 16.5. The molecule has 1 aromatic carbocycles. The van der Waals surface area contributed by atoms with Crippen LogP contribution in [-0.4, -0.2) is 23.0 Å². The van der Waals surface area contributed by atoms with E-state index in [9.17, 15) is 0 Å². The lowest BCUT2D eigenvalue weighted by molar-refractivity contribution is 0.410. The molecular formula is C18H21N3O. The predicted molar refractivity (Wildman–Crippen MR) is 88.5 cm³/mol. The maximum Gasteiger partial charge on any atom is 0.140 e. The minimum absolute atomic E-state index is 0.612. The fourth-order valence-corrected chi connectivity index (χ4v) is 2.87. The fraction of sp³-hybridized carbons (Fsp3) is 0.278. The van der Waals surface area contributed by atoms with Crippen molar-refractivity contribution in [1.29, 1.82) is 0 Å². The van der Waals surface area contributed by atoms with Gasteiger partial charge in [0.25, 0.3) is 0 Å². The molecule has 2 N–H and O–H groups in total. The molecule has 4 nitrogen and oxygen atoms in total. The summed E-state index contributed by atoms with van der Waals surface area (Å²) in [4.78, 5) is 4.85. The van der Waals surface area contributed by atoms with Crippen molar-refractivity contribution in [2.24, 2.45) is 5.73 Å². The Labute approximate surface area is 130 Å². The topological polar surface area (TPSA) is 52.5 Å². The zero-order valence-electron chi connectivity index (χ0n) is 13.0. The lowest BCUT2D eigenvalue weighted by Gasteiger charge is -2.08. The van der Waals surface area contributed by atoms with E-state index in [4.69, 9.17) is 15.5 Å². The third-order valence-corrected chi connectivity index (χ3v) is 3.96. The van der Waals surface area contributed by atoms with E-state index in [1.54, 1.807) is 7.11 Å². The molecule has 0 radical (unpaired) electrons. The minimum atomic E-state index is 0.612. The number of rotatable bonds is 5. The number of hydrogen-bond acceptors (Lipinski definition) is 3. The van der Waals surface area contributed by atoms with Crippen LogP contribution in [0.25, 0.3) is 5.65 Å². The van der Waals surface area contributed by atoms with Gasteiger partial charge in [-0.2, -0.15) is 0 Å². The number of para-hydroxylation sites is 1. The van der Waals surface area contributed by atoms with Crippen molar-refractivity contribution in [3.63, 3.8) is 0 Å². The Morgan fingerprint density at radius 1 is 1.18 bits per heavy atom. The number of ether oxygens (including phenoxy) is 1. The van der Waals surface area contributed by atoms with Crippen LogP contribution in [0.4, 0.5) is 0 Å². The van der Waals surface area contributed by atoms with Crippen LogP contribution in [0.3, 0.4) is 0 Å². The summed E-state index contributed by atoms with van der Waals surface area (Å²) in [6.45, 7) is 2.70. The predicted octanol–water partition coefficient (Wildman–Crippen LogP) is 2.74. The molecule has 0 aliphatic carbocycles. The third-order valence-electron chi connectivity index (χ3n) is 3.96. The van der Waals surface area contributed by atoms with E-state index in [-0.39, 0.29) is 0 Å². The molecule has 3 rings (SSSR count). The van der Waals surface area contributed by atoms with Gasteiger partial charge in [0.05, 0.1) is 12.8 Å². The van der Waals surface area contributed by atoms with Crippen LogP contribution in [0.15, 0.2) is 42.6 Å². The molecule has 0 saturated heterocycles. The largest absolute Gasteiger partial charge is 0.496 e. The molecule has 0 saturated carbocycles.